The number of carbonyl (C=O) groups is 1. The van der Waals surface area contributed by atoms with Crippen molar-refractivity contribution in [3.63, 3.8) is 0 Å². The van der Waals surface area contributed by atoms with Crippen molar-refractivity contribution in [2.45, 2.75) is 66.0 Å². The Bertz CT molecular complexity index is 287. The van der Waals surface area contributed by atoms with Gasteiger partial charge in [0.2, 0.25) is 0 Å². The number of hydrazone groups is 1. The molecule has 0 spiro atoms. The van der Waals surface area contributed by atoms with Crippen molar-refractivity contribution in [3.8, 4) is 0 Å². The SMILES string of the molecule is CCC(CC(C)=O)=NN([Si](C)(C)C)[Si](C)(C)C. The highest BCUT2D eigenvalue weighted by Crippen LogP contribution is 2.20. The number of rotatable bonds is 6. The highest BCUT2D eigenvalue weighted by molar-refractivity contribution is 6.89. The molecule has 0 amide bonds. The van der Waals surface area contributed by atoms with Crippen LogP contribution in [0.1, 0.15) is 26.7 Å². The van der Waals surface area contributed by atoms with E-state index in [2.05, 4.69) is 50.5 Å². The maximum Gasteiger partial charge on any atom is 0.158 e. The van der Waals surface area contributed by atoms with Crippen molar-refractivity contribution in [1.29, 1.82) is 0 Å². The zero-order valence-corrected chi connectivity index (χ0v) is 14.7. The molecular weight excluding hydrogens is 244 g/mol. The number of Topliss-reactive ketones (excluding diaryl/α,β-unsaturated/α-hetero) is 1. The van der Waals surface area contributed by atoms with Crippen LogP contribution in [0.15, 0.2) is 5.10 Å². The molecule has 0 N–H and O–H groups in total. The van der Waals surface area contributed by atoms with E-state index in [-0.39, 0.29) is 5.78 Å². The molecule has 0 radical (unpaired) electrons. The van der Waals surface area contributed by atoms with Crippen molar-refractivity contribution in [2.75, 3.05) is 0 Å². The van der Waals surface area contributed by atoms with Crippen LogP contribution in [0.4, 0.5) is 0 Å². The Morgan fingerprint density at radius 1 is 1.06 bits per heavy atom. The lowest BCUT2D eigenvalue weighted by Crippen LogP contribution is -2.56. The van der Waals surface area contributed by atoms with Crippen LogP contribution >= 0.6 is 0 Å². The van der Waals surface area contributed by atoms with Gasteiger partial charge in [-0.15, -0.1) is 0 Å². The van der Waals surface area contributed by atoms with Crippen LogP contribution in [0.5, 0.6) is 0 Å². The van der Waals surface area contributed by atoms with Gasteiger partial charge in [0.05, 0.1) is 0 Å². The largest absolute Gasteiger partial charge is 0.350 e. The van der Waals surface area contributed by atoms with Gasteiger partial charge < -0.3 is 4.34 Å². The monoisotopic (exact) mass is 272 g/mol. The zero-order valence-electron chi connectivity index (χ0n) is 12.7. The van der Waals surface area contributed by atoms with Crippen LogP contribution in [0, 0.1) is 0 Å². The second kappa shape index (κ2) is 5.95. The summed E-state index contributed by atoms with van der Waals surface area (Å²) in [5, 5.41) is 4.83. The van der Waals surface area contributed by atoms with E-state index in [0.29, 0.717) is 6.42 Å². The lowest BCUT2D eigenvalue weighted by atomic mass is 10.2. The molecular formula is C12H28N2OSi2. The minimum absolute atomic E-state index is 0.205. The van der Waals surface area contributed by atoms with Gasteiger partial charge in [-0.1, -0.05) is 46.2 Å². The van der Waals surface area contributed by atoms with Crippen LogP contribution < -0.4 is 0 Å². The maximum atomic E-state index is 11.2. The third kappa shape index (κ3) is 6.17. The molecule has 0 bridgehead atoms. The molecule has 0 aliphatic heterocycles. The van der Waals surface area contributed by atoms with E-state index in [1.165, 1.54) is 0 Å². The molecule has 100 valence electrons. The third-order valence-corrected chi connectivity index (χ3v) is 9.14. The Labute approximate surface area is 108 Å². The van der Waals surface area contributed by atoms with Crippen molar-refractivity contribution in [3.05, 3.63) is 0 Å². The number of carbonyl (C=O) groups excluding carboxylic acids is 1. The van der Waals surface area contributed by atoms with Crippen molar-refractivity contribution < 1.29 is 4.79 Å². The summed E-state index contributed by atoms with van der Waals surface area (Å²) < 4.78 is 2.38. The van der Waals surface area contributed by atoms with Crippen LogP contribution in [0.2, 0.25) is 39.3 Å². The fourth-order valence-corrected chi connectivity index (χ4v) is 10.9. The van der Waals surface area contributed by atoms with Gasteiger partial charge in [0.25, 0.3) is 0 Å². The van der Waals surface area contributed by atoms with Crippen molar-refractivity contribution in [1.82, 2.24) is 4.34 Å². The molecule has 5 heteroatoms. The summed E-state index contributed by atoms with van der Waals surface area (Å²) in [6.07, 6.45) is 1.37. The fourth-order valence-electron chi connectivity index (χ4n) is 1.97. The van der Waals surface area contributed by atoms with Crippen LogP contribution in [-0.2, 0) is 4.79 Å². The van der Waals surface area contributed by atoms with E-state index in [0.717, 1.165) is 12.1 Å². The van der Waals surface area contributed by atoms with Crippen LogP contribution in [0.25, 0.3) is 0 Å². The first-order chi connectivity index (χ1) is 7.48. The summed E-state index contributed by atoms with van der Waals surface area (Å²) in [6, 6.07) is 0. The highest BCUT2D eigenvalue weighted by atomic mass is 28.4. The molecule has 0 heterocycles. The summed E-state index contributed by atoms with van der Waals surface area (Å²) in [5.41, 5.74) is 1.03. The van der Waals surface area contributed by atoms with E-state index in [1.807, 2.05) is 0 Å². The molecule has 0 fully saturated rings. The molecule has 0 saturated carbocycles. The summed E-state index contributed by atoms with van der Waals surface area (Å²) >= 11 is 0. The number of hydrogen-bond acceptors (Lipinski definition) is 3. The van der Waals surface area contributed by atoms with Gasteiger partial charge in [-0.25, -0.2) is 5.10 Å². The highest BCUT2D eigenvalue weighted by Gasteiger charge is 2.33. The fraction of sp³-hybridized carbons (Fsp3) is 0.833. The summed E-state index contributed by atoms with van der Waals surface area (Å²) in [7, 11) is -2.91. The Balaban J connectivity index is 5.20. The minimum Gasteiger partial charge on any atom is -0.350 e. The third-order valence-electron chi connectivity index (χ3n) is 2.37. The molecule has 0 aromatic carbocycles. The molecule has 0 aromatic rings. The average molecular weight is 273 g/mol. The van der Waals surface area contributed by atoms with Gasteiger partial charge in [0, 0.05) is 12.1 Å². The molecule has 0 rings (SSSR count). The summed E-state index contributed by atoms with van der Waals surface area (Å²) in [4.78, 5) is 11.2. The zero-order chi connectivity index (χ0) is 13.9. The predicted molar refractivity (Wildman–Crippen MR) is 81.6 cm³/mol. The van der Waals surface area contributed by atoms with E-state index >= 15 is 0 Å². The Hall–Kier alpha value is -0.426. The van der Waals surface area contributed by atoms with E-state index in [4.69, 9.17) is 5.10 Å². The second-order valence-electron chi connectivity index (χ2n) is 6.55. The quantitative estimate of drug-likeness (QED) is 0.419. The van der Waals surface area contributed by atoms with Gasteiger partial charge >= 0.3 is 0 Å². The van der Waals surface area contributed by atoms with E-state index in [9.17, 15) is 4.79 Å². The molecule has 3 nitrogen and oxygen atoms in total. The van der Waals surface area contributed by atoms with Crippen LogP contribution in [-0.4, -0.2) is 32.3 Å². The van der Waals surface area contributed by atoms with Crippen molar-refractivity contribution >= 4 is 28.0 Å². The first-order valence-corrected chi connectivity index (χ1v) is 13.2. The lowest BCUT2D eigenvalue weighted by molar-refractivity contribution is -0.115. The average Bonchev–Trinajstić information content (AvgIpc) is 2.07. The molecule has 0 atom stereocenters. The molecule has 0 aliphatic rings. The van der Waals surface area contributed by atoms with E-state index < -0.39 is 16.5 Å². The molecule has 0 saturated heterocycles. The number of nitrogens with zero attached hydrogens (tertiary/aromatic N) is 2. The number of ketones is 1. The summed E-state index contributed by atoms with van der Waals surface area (Å²) in [5.74, 6) is 0.205. The lowest BCUT2D eigenvalue weighted by Gasteiger charge is -2.42. The Morgan fingerprint density at radius 3 is 1.71 bits per heavy atom. The normalized spacial score (nSPS) is 13.8. The van der Waals surface area contributed by atoms with Gasteiger partial charge in [-0.3, -0.25) is 4.79 Å². The first-order valence-electron chi connectivity index (χ1n) is 6.34. The van der Waals surface area contributed by atoms with E-state index in [1.54, 1.807) is 6.92 Å². The van der Waals surface area contributed by atoms with Gasteiger partial charge in [-0.2, -0.15) is 0 Å². The number of hydrogen-bond donors (Lipinski definition) is 0. The minimum atomic E-state index is -1.46. The van der Waals surface area contributed by atoms with Crippen LogP contribution in [0.3, 0.4) is 0 Å². The van der Waals surface area contributed by atoms with Gasteiger partial charge in [0.1, 0.15) is 5.78 Å². The van der Waals surface area contributed by atoms with Gasteiger partial charge in [-0.05, 0) is 13.3 Å². The Morgan fingerprint density at radius 2 is 1.47 bits per heavy atom. The summed E-state index contributed by atoms with van der Waals surface area (Å²) in [6.45, 7) is 17.6. The molecule has 0 aliphatic carbocycles. The topological polar surface area (TPSA) is 32.7 Å². The first kappa shape index (κ1) is 16.6. The Kier molecular flexibility index (Phi) is 5.80. The second-order valence-corrected chi connectivity index (χ2v) is 16.5. The molecule has 0 unspecified atom stereocenters. The standard InChI is InChI=1S/C12H28N2OSi2/c1-9-12(10-11(2)15)13-14(16(3,4)5)17(6,7)8/h9-10H2,1-8H3. The van der Waals surface area contributed by atoms with Gasteiger partial charge in [0.15, 0.2) is 16.5 Å². The molecule has 0 aromatic heterocycles. The van der Waals surface area contributed by atoms with Crippen molar-refractivity contribution in [2.24, 2.45) is 5.10 Å². The smallest absolute Gasteiger partial charge is 0.158 e. The molecule has 17 heavy (non-hydrogen) atoms. The maximum absolute atomic E-state index is 11.2. The predicted octanol–water partition coefficient (Wildman–Crippen LogP) is 3.70.